The molecule has 38 heavy (non-hydrogen) atoms. The van der Waals surface area contributed by atoms with Crippen molar-refractivity contribution in [3.8, 4) is 22.8 Å². The maximum absolute atomic E-state index is 13.3. The number of furan rings is 1. The molecule has 0 saturated carbocycles. The third kappa shape index (κ3) is 5.37. The summed E-state index contributed by atoms with van der Waals surface area (Å²) in [7, 11) is 0. The van der Waals surface area contributed by atoms with Gasteiger partial charge in [-0.25, -0.2) is 9.69 Å². The molecule has 3 aromatic rings. The highest BCUT2D eigenvalue weighted by Crippen LogP contribution is 2.35. The first-order chi connectivity index (χ1) is 18.2. The van der Waals surface area contributed by atoms with Gasteiger partial charge in [0, 0.05) is 17.7 Å². The van der Waals surface area contributed by atoms with Crippen molar-refractivity contribution in [1.29, 1.82) is 0 Å². The Bertz CT molecular complexity index is 1460. The molecule has 1 aliphatic rings. The van der Waals surface area contributed by atoms with E-state index in [2.05, 4.69) is 5.32 Å². The number of nitro groups is 1. The Morgan fingerprint density at radius 2 is 1.84 bits per heavy atom. The van der Waals surface area contributed by atoms with Gasteiger partial charge < -0.3 is 13.9 Å². The zero-order valence-corrected chi connectivity index (χ0v) is 21.1. The number of nitro benzene ring substituents is 1. The Labute approximate surface area is 221 Å². The van der Waals surface area contributed by atoms with Gasteiger partial charge in [-0.05, 0) is 55.8 Å². The minimum absolute atomic E-state index is 0.0284. The molecule has 0 unspecified atom stereocenters. The number of amides is 4. The number of rotatable bonds is 9. The highest BCUT2D eigenvalue weighted by Gasteiger charge is 2.37. The predicted octanol–water partition coefficient (Wildman–Crippen LogP) is 5.36. The molecular formula is C26H22ClN3O8. The number of nitrogens with zero attached hydrogens (tertiary/aromatic N) is 2. The molecule has 11 nitrogen and oxygen atoms in total. The number of hydrogen-bond acceptors (Lipinski definition) is 8. The fourth-order valence-electron chi connectivity index (χ4n) is 3.66. The van der Waals surface area contributed by atoms with Crippen LogP contribution in [0.15, 0.2) is 58.5 Å². The lowest BCUT2D eigenvalue weighted by Gasteiger charge is -2.27. The highest BCUT2D eigenvalue weighted by molar-refractivity contribution is 6.39. The zero-order chi connectivity index (χ0) is 27.4. The van der Waals surface area contributed by atoms with Crippen LogP contribution in [-0.4, -0.2) is 36.0 Å². The number of imide groups is 2. The number of barbiturate groups is 1. The minimum atomic E-state index is -0.921. The van der Waals surface area contributed by atoms with E-state index in [1.807, 2.05) is 6.92 Å². The summed E-state index contributed by atoms with van der Waals surface area (Å²) in [5.41, 5.74) is -0.103. The number of anilines is 1. The molecule has 4 amide bonds. The quantitative estimate of drug-likeness (QED) is 0.166. The van der Waals surface area contributed by atoms with Crippen molar-refractivity contribution in [3.05, 3.63) is 75.0 Å². The molecule has 2 heterocycles. The van der Waals surface area contributed by atoms with Gasteiger partial charge in [0.25, 0.3) is 17.5 Å². The van der Waals surface area contributed by atoms with Crippen molar-refractivity contribution < 1.29 is 33.2 Å². The van der Waals surface area contributed by atoms with Crippen LogP contribution in [0.25, 0.3) is 17.4 Å². The lowest BCUT2D eigenvalue weighted by molar-refractivity contribution is -0.384. The van der Waals surface area contributed by atoms with E-state index in [1.54, 1.807) is 13.0 Å². The number of nitrogens with one attached hydrogen (secondary N) is 1. The second kappa shape index (κ2) is 11.2. The molecule has 0 aliphatic carbocycles. The van der Waals surface area contributed by atoms with Crippen molar-refractivity contribution >= 4 is 46.9 Å². The second-order valence-corrected chi connectivity index (χ2v) is 8.40. The fourth-order valence-corrected chi connectivity index (χ4v) is 3.85. The zero-order valence-electron chi connectivity index (χ0n) is 20.4. The first kappa shape index (κ1) is 26.4. The Morgan fingerprint density at radius 1 is 1.05 bits per heavy atom. The van der Waals surface area contributed by atoms with E-state index in [0.717, 1.165) is 11.3 Å². The van der Waals surface area contributed by atoms with Crippen molar-refractivity contribution in [2.75, 3.05) is 18.1 Å². The fraction of sp³-hybridized carbons (Fsp3) is 0.192. The standard InChI is InChI=1S/C26H22ClN3O8/c1-3-11-37-22-9-6-16(13-23(22)36-4-2)29-25(32)18(24(31)28-26(29)33)14-17-7-10-21(38-17)15-5-8-19(27)20(12-15)30(34)35/h5-10,12-14H,3-4,11H2,1-2H3,(H,28,31,33)/b18-14+. The average molecular weight is 540 g/mol. The van der Waals surface area contributed by atoms with Gasteiger partial charge >= 0.3 is 6.03 Å². The molecule has 1 N–H and O–H groups in total. The van der Waals surface area contributed by atoms with Gasteiger partial charge in [0.1, 0.15) is 22.1 Å². The van der Waals surface area contributed by atoms with E-state index in [-0.39, 0.29) is 33.5 Å². The predicted molar refractivity (Wildman–Crippen MR) is 138 cm³/mol. The Balaban J connectivity index is 1.65. The lowest BCUT2D eigenvalue weighted by Crippen LogP contribution is -2.54. The summed E-state index contributed by atoms with van der Waals surface area (Å²) in [6.45, 7) is 4.53. The van der Waals surface area contributed by atoms with Gasteiger partial charge in [0.2, 0.25) is 0 Å². The normalized spacial score (nSPS) is 14.6. The molecular weight excluding hydrogens is 518 g/mol. The third-order valence-corrected chi connectivity index (χ3v) is 5.71. The molecule has 1 saturated heterocycles. The summed E-state index contributed by atoms with van der Waals surface area (Å²) in [6.07, 6.45) is 1.97. The van der Waals surface area contributed by atoms with E-state index in [9.17, 15) is 24.5 Å². The van der Waals surface area contributed by atoms with Crippen LogP contribution in [0.2, 0.25) is 5.02 Å². The molecule has 196 valence electrons. The molecule has 1 aromatic heterocycles. The van der Waals surface area contributed by atoms with Gasteiger partial charge in [-0.2, -0.15) is 0 Å². The second-order valence-electron chi connectivity index (χ2n) is 8.00. The number of carbonyl (C=O) groups is 3. The number of carbonyl (C=O) groups excluding carboxylic acids is 3. The van der Waals surface area contributed by atoms with Gasteiger partial charge in [-0.15, -0.1) is 0 Å². The molecule has 2 aromatic carbocycles. The Hall–Kier alpha value is -4.64. The first-order valence-corrected chi connectivity index (χ1v) is 12.0. The number of hydrogen-bond donors (Lipinski definition) is 1. The van der Waals surface area contributed by atoms with E-state index in [0.29, 0.717) is 30.3 Å². The van der Waals surface area contributed by atoms with E-state index in [4.69, 9.17) is 25.5 Å². The Kier molecular flexibility index (Phi) is 7.77. The van der Waals surface area contributed by atoms with E-state index in [1.165, 1.54) is 48.5 Å². The topological polar surface area (TPSA) is 141 Å². The summed E-state index contributed by atoms with van der Waals surface area (Å²) in [4.78, 5) is 49.8. The highest BCUT2D eigenvalue weighted by atomic mass is 35.5. The number of ether oxygens (including phenoxy) is 2. The SMILES string of the molecule is CCCOc1ccc(N2C(=O)NC(=O)/C(=C\c3ccc(-c4ccc(Cl)c([N+](=O)[O-])c4)o3)C2=O)cc1OCC. The largest absolute Gasteiger partial charge is 0.490 e. The summed E-state index contributed by atoms with van der Waals surface area (Å²) in [6, 6.07) is 10.8. The summed E-state index contributed by atoms with van der Waals surface area (Å²) < 4.78 is 17.0. The van der Waals surface area contributed by atoms with Gasteiger partial charge in [-0.3, -0.25) is 25.0 Å². The van der Waals surface area contributed by atoms with Crippen LogP contribution in [0.3, 0.4) is 0 Å². The van der Waals surface area contributed by atoms with E-state index < -0.39 is 22.8 Å². The van der Waals surface area contributed by atoms with Crippen molar-refractivity contribution in [3.63, 3.8) is 0 Å². The monoisotopic (exact) mass is 539 g/mol. The number of halogens is 1. The van der Waals surface area contributed by atoms with Crippen LogP contribution < -0.4 is 19.7 Å². The van der Waals surface area contributed by atoms with Crippen LogP contribution >= 0.6 is 11.6 Å². The van der Waals surface area contributed by atoms with Crippen LogP contribution in [0.5, 0.6) is 11.5 Å². The molecule has 0 radical (unpaired) electrons. The smallest absolute Gasteiger partial charge is 0.335 e. The van der Waals surface area contributed by atoms with Gasteiger partial charge in [0.15, 0.2) is 11.5 Å². The molecule has 12 heteroatoms. The van der Waals surface area contributed by atoms with Crippen LogP contribution in [0.1, 0.15) is 26.0 Å². The van der Waals surface area contributed by atoms with Gasteiger partial charge in [0.05, 0.1) is 23.8 Å². The Morgan fingerprint density at radius 3 is 2.55 bits per heavy atom. The maximum atomic E-state index is 13.3. The van der Waals surface area contributed by atoms with Gasteiger partial charge in [-0.1, -0.05) is 18.5 Å². The number of benzene rings is 2. The molecule has 4 rings (SSSR count). The van der Waals surface area contributed by atoms with E-state index >= 15 is 0 Å². The molecule has 0 atom stereocenters. The van der Waals surface area contributed by atoms with Crippen molar-refractivity contribution in [2.24, 2.45) is 0 Å². The lowest BCUT2D eigenvalue weighted by atomic mass is 10.1. The summed E-state index contributed by atoms with van der Waals surface area (Å²) in [5.74, 6) is -0.609. The molecule has 1 aliphatic heterocycles. The molecule has 0 spiro atoms. The van der Waals surface area contributed by atoms with Crippen LogP contribution in [0.4, 0.5) is 16.2 Å². The number of urea groups is 1. The maximum Gasteiger partial charge on any atom is 0.335 e. The average Bonchev–Trinajstić information content (AvgIpc) is 3.35. The van der Waals surface area contributed by atoms with Crippen LogP contribution in [-0.2, 0) is 9.59 Å². The summed E-state index contributed by atoms with van der Waals surface area (Å²) >= 11 is 5.87. The first-order valence-electron chi connectivity index (χ1n) is 11.6. The molecule has 0 bridgehead atoms. The summed E-state index contributed by atoms with van der Waals surface area (Å²) in [5, 5.41) is 13.3. The third-order valence-electron chi connectivity index (χ3n) is 5.39. The minimum Gasteiger partial charge on any atom is -0.490 e. The molecule has 1 fully saturated rings. The van der Waals surface area contributed by atoms with Crippen LogP contribution in [0, 0.1) is 10.1 Å². The van der Waals surface area contributed by atoms with Crippen molar-refractivity contribution in [2.45, 2.75) is 20.3 Å². The van der Waals surface area contributed by atoms with Crippen molar-refractivity contribution in [1.82, 2.24) is 5.32 Å².